The summed E-state index contributed by atoms with van der Waals surface area (Å²) in [6.07, 6.45) is 5.73. The quantitative estimate of drug-likeness (QED) is 0.522. The van der Waals surface area contributed by atoms with Crippen LogP contribution in [0.15, 0.2) is 35.6 Å². The van der Waals surface area contributed by atoms with E-state index in [1.54, 1.807) is 0 Å². The van der Waals surface area contributed by atoms with Crippen molar-refractivity contribution in [2.45, 2.75) is 32.4 Å². The molecule has 0 fully saturated rings. The molecule has 2 aromatic heterocycles. The number of fused-ring (bicyclic) bond motifs is 1. The average Bonchev–Trinajstić information content (AvgIpc) is 2.67. The Morgan fingerprint density at radius 3 is 2.57 bits per heavy atom. The van der Waals surface area contributed by atoms with Crippen LogP contribution < -0.4 is 5.56 Å². The van der Waals surface area contributed by atoms with Crippen LogP contribution in [0.3, 0.4) is 0 Å². The topological polar surface area (TPSA) is 69.9 Å². The molecule has 0 saturated heterocycles. The summed E-state index contributed by atoms with van der Waals surface area (Å²) in [5, 5.41) is 0.463. The lowest BCUT2D eigenvalue weighted by Gasteiger charge is -2.08. The molecular formula is C18H16ClF3N4O2. The van der Waals surface area contributed by atoms with E-state index in [1.165, 1.54) is 29.4 Å². The second-order valence-corrected chi connectivity index (χ2v) is 6.45. The maximum atomic E-state index is 14.5. The van der Waals surface area contributed by atoms with Gasteiger partial charge in [-0.2, -0.15) is 8.78 Å². The smallest absolute Gasteiger partial charge is 0.323 e. The fraction of sp³-hybridized carbons (Fsp3) is 0.333. The number of aryl methyl sites for hydroxylation is 1. The molecule has 0 N–H and O–H groups in total. The molecule has 6 nitrogen and oxygen atoms in total. The largest absolute Gasteiger partial charge is 0.345 e. The van der Waals surface area contributed by atoms with Gasteiger partial charge in [-0.1, -0.05) is 11.6 Å². The molecule has 10 heteroatoms. The molecule has 0 aliphatic heterocycles. The van der Waals surface area contributed by atoms with Gasteiger partial charge in [-0.15, -0.1) is 0 Å². The van der Waals surface area contributed by atoms with Gasteiger partial charge in [-0.05, 0) is 31.4 Å². The zero-order chi connectivity index (χ0) is 20.1. The van der Waals surface area contributed by atoms with Crippen LogP contribution in [0.5, 0.6) is 0 Å². The normalized spacial score (nSPS) is 11.5. The first kappa shape index (κ1) is 20.2. The lowest BCUT2D eigenvalue weighted by Crippen LogP contribution is -2.21. The number of hydrogen-bond donors (Lipinski definition) is 0. The van der Waals surface area contributed by atoms with Gasteiger partial charge in [0.25, 0.3) is 5.56 Å². The third-order valence-corrected chi connectivity index (χ3v) is 4.26. The Hall–Kier alpha value is -2.52. The summed E-state index contributed by atoms with van der Waals surface area (Å²) in [7, 11) is 0. The molecule has 28 heavy (non-hydrogen) atoms. The van der Waals surface area contributed by atoms with Crippen LogP contribution >= 0.6 is 11.6 Å². The second-order valence-electron chi connectivity index (χ2n) is 6.01. The minimum atomic E-state index is -2.77. The van der Waals surface area contributed by atoms with E-state index in [0.717, 1.165) is 6.07 Å². The Kier molecular flexibility index (Phi) is 6.58. The standard InChI is InChI=1S/C18H16ClF3N4O2/c19-11-8-23-16(24-9-11)12-7-15-13(6-14(12)20)17(27)26(10-25-15)4-2-1-3-5-28-18(21)22/h6-10,18H,1-5H2. The number of nitrogens with zero attached hydrogens (tertiary/aromatic N) is 4. The number of benzene rings is 1. The molecule has 0 unspecified atom stereocenters. The van der Waals surface area contributed by atoms with Gasteiger partial charge < -0.3 is 4.74 Å². The number of halogens is 4. The molecule has 0 aliphatic rings. The summed E-state index contributed by atoms with van der Waals surface area (Å²) in [5.41, 5.74) is 0.0608. The highest BCUT2D eigenvalue weighted by atomic mass is 35.5. The molecule has 3 rings (SSSR count). The minimum absolute atomic E-state index is 0.0384. The Bertz CT molecular complexity index is 1010. The van der Waals surface area contributed by atoms with E-state index in [9.17, 15) is 18.0 Å². The van der Waals surface area contributed by atoms with Gasteiger partial charge in [0.05, 0.1) is 34.4 Å². The SMILES string of the molecule is O=c1c2cc(F)c(-c3ncc(Cl)cn3)cc2ncn1CCCCCOC(F)F. The predicted octanol–water partition coefficient (Wildman–Crippen LogP) is 4.06. The van der Waals surface area contributed by atoms with Crippen LogP contribution in [-0.2, 0) is 11.3 Å². The van der Waals surface area contributed by atoms with Crippen molar-refractivity contribution in [1.29, 1.82) is 0 Å². The number of alkyl halides is 2. The number of ether oxygens (including phenoxy) is 1. The van der Waals surface area contributed by atoms with Gasteiger partial charge in [-0.3, -0.25) is 9.36 Å². The molecule has 2 heterocycles. The van der Waals surface area contributed by atoms with Crippen LogP contribution in [0.2, 0.25) is 5.02 Å². The Morgan fingerprint density at radius 2 is 1.86 bits per heavy atom. The lowest BCUT2D eigenvalue weighted by molar-refractivity contribution is -0.129. The van der Waals surface area contributed by atoms with Crippen LogP contribution in [-0.4, -0.2) is 32.7 Å². The van der Waals surface area contributed by atoms with Crippen molar-refractivity contribution in [1.82, 2.24) is 19.5 Å². The Morgan fingerprint density at radius 1 is 1.11 bits per heavy atom. The molecule has 1 aromatic carbocycles. The van der Waals surface area contributed by atoms with Gasteiger partial charge in [0.2, 0.25) is 0 Å². The van der Waals surface area contributed by atoms with Gasteiger partial charge in [0.15, 0.2) is 5.82 Å². The van der Waals surface area contributed by atoms with Gasteiger partial charge in [0, 0.05) is 18.9 Å². The van der Waals surface area contributed by atoms with Crippen molar-refractivity contribution in [2.24, 2.45) is 0 Å². The molecule has 0 atom stereocenters. The van der Waals surface area contributed by atoms with Crippen LogP contribution in [0.1, 0.15) is 19.3 Å². The minimum Gasteiger partial charge on any atom is -0.323 e. The molecule has 0 saturated carbocycles. The summed E-state index contributed by atoms with van der Waals surface area (Å²) >= 11 is 5.74. The van der Waals surface area contributed by atoms with Crippen molar-refractivity contribution in [3.63, 3.8) is 0 Å². The fourth-order valence-corrected chi connectivity index (χ4v) is 2.79. The van der Waals surface area contributed by atoms with Crippen LogP contribution in [0, 0.1) is 5.82 Å². The highest BCUT2D eigenvalue weighted by Gasteiger charge is 2.13. The van der Waals surface area contributed by atoms with E-state index in [-0.39, 0.29) is 28.9 Å². The molecule has 0 amide bonds. The number of aromatic nitrogens is 4. The van der Waals surface area contributed by atoms with Crippen molar-refractivity contribution in [3.05, 3.63) is 52.0 Å². The third-order valence-electron chi connectivity index (χ3n) is 4.06. The van der Waals surface area contributed by atoms with E-state index >= 15 is 0 Å². The summed E-state index contributed by atoms with van der Waals surface area (Å²) < 4.78 is 43.8. The van der Waals surface area contributed by atoms with Gasteiger partial charge in [-0.25, -0.2) is 19.3 Å². The first-order valence-electron chi connectivity index (χ1n) is 8.52. The number of hydrogen-bond acceptors (Lipinski definition) is 5. The third kappa shape index (κ3) is 4.85. The van der Waals surface area contributed by atoms with E-state index in [4.69, 9.17) is 11.6 Å². The fourth-order valence-electron chi connectivity index (χ4n) is 2.69. The Balaban J connectivity index is 1.76. The second kappa shape index (κ2) is 9.11. The van der Waals surface area contributed by atoms with E-state index in [2.05, 4.69) is 19.7 Å². The lowest BCUT2D eigenvalue weighted by atomic mass is 10.1. The maximum absolute atomic E-state index is 14.5. The van der Waals surface area contributed by atoms with Crippen LogP contribution in [0.4, 0.5) is 13.2 Å². The molecule has 0 radical (unpaired) electrons. The van der Waals surface area contributed by atoms with E-state index < -0.39 is 12.4 Å². The Labute approximate surface area is 163 Å². The summed E-state index contributed by atoms with van der Waals surface area (Å²) in [6.45, 7) is -2.46. The van der Waals surface area contributed by atoms with Crippen molar-refractivity contribution in [2.75, 3.05) is 6.61 Å². The van der Waals surface area contributed by atoms with E-state index in [1.807, 2.05) is 0 Å². The van der Waals surface area contributed by atoms with Gasteiger partial charge in [0.1, 0.15) is 5.82 Å². The summed E-state index contributed by atoms with van der Waals surface area (Å²) in [5.74, 6) is -0.503. The van der Waals surface area contributed by atoms with Gasteiger partial charge >= 0.3 is 6.61 Å². The molecule has 3 aromatic rings. The monoisotopic (exact) mass is 412 g/mol. The van der Waals surface area contributed by atoms with Crippen LogP contribution in [0.25, 0.3) is 22.3 Å². The molecular weight excluding hydrogens is 397 g/mol. The average molecular weight is 413 g/mol. The zero-order valence-corrected chi connectivity index (χ0v) is 15.4. The van der Waals surface area contributed by atoms with Crippen molar-refractivity contribution >= 4 is 22.5 Å². The van der Waals surface area contributed by atoms with Crippen molar-refractivity contribution in [3.8, 4) is 11.4 Å². The highest BCUT2D eigenvalue weighted by molar-refractivity contribution is 6.30. The molecule has 0 bridgehead atoms. The first-order valence-corrected chi connectivity index (χ1v) is 8.90. The number of rotatable bonds is 8. The summed E-state index contributed by atoms with van der Waals surface area (Å²) in [6, 6.07) is 2.53. The molecule has 0 spiro atoms. The molecule has 148 valence electrons. The van der Waals surface area contributed by atoms with Crippen molar-refractivity contribution < 1.29 is 17.9 Å². The van der Waals surface area contributed by atoms with E-state index in [0.29, 0.717) is 36.3 Å². The predicted molar refractivity (Wildman–Crippen MR) is 97.8 cm³/mol. The highest BCUT2D eigenvalue weighted by Crippen LogP contribution is 2.23. The maximum Gasteiger partial charge on any atom is 0.345 e. The first-order chi connectivity index (χ1) is 13.5. The molecule has 0 aliphatic carbocycles. The zero-order valence-electron chi connectivity index (χ0n) is 14.6. The summed E-state index contributed by atoms with van der Waals surface area (Å²) in [4.78, 5) is 24.7. The number of unbranched alkanes of at least 4 members (excludes halogenated alkanes) is 2.